The summed E-state index contributed by atoms with van der Waals surface area (Å²) in [4.78, 5) is 28.1. The van der Waals surface area contributed by atoms with Crippen LogP contribution in [0.25, 0.3) is 21.7 Å². The monoisotopic (exact) mass is 525 g/mol. The van der Waals surface area contributed by atoms with E-state index in [0.717, 1.165) is 17.5 Å². The fourth-order valence-electron chi connectivity index (χ4n) is 4.26. The van der Waals surface area contributed by atoms with Gasteiger partial charge in [-0.2, -0.15) is 0 Å². The molecule has 39 heavy (non-hydrogen) atoms. The Balaban J connectivity index is 1.44. The van der Waals surface area contributed by atoms with Crippen LogP contribution in [0, 0.1) is 12.7 Å². The van der Waals surface area contributed by atoms with Crippen molar-refractivity contribution in [3.8, 4) is 5.75 Å². The number of aryl methyl sites for hydroxylation is 1. The normalized spacial score (nSPS) is 11.2. The molecular formula is C29H28FN7O2. The quantitative estimate of drug-likeness (QED) is 0.255. The number of carbonyl (C=O) groups is 1. The molecule has 9 nitrogen and oxygen atoms in total. The van der Waals surface area contributed by atoms with Crippen molar-refractivity contribution >= 4 is 50.6 Å². The Morgan fingerprint density at radius 1 is 1.03 bits per heavy atom. The number of nitrogens with one attached hydrogen (secondary N) is 2. The highest BCUT2D eigenvalue weighted by molar-refractivity contribution is 6.16. The van der Waals surface area contributed by atoms with Crippen molar-refractivity contribution in [2.45, 2.75) is 6.92 Å². The number of pyridine rings is 1. The van der Waals surface area contributed by atoms with E-state index in [1.807, 2.05) is 44.1 Å². The number of nitrogens with two attached hydrogens (primary N) is 1. The van der Waals surface area contributed by atoms with Gasteiger partial charge in [-0.1, -0.05) is 18.2 Å². The molecule has 0 bridgehead atoms. The predicted octanol–water partition coefficient (Wildman–Crippen LogP) is 5.14. The lowest BCUT2D eigenvalue weighted by molar-refractivity contribution is 0.102. The Hall–Kier alpha value is -4.83. The maximum Gasteiger partial charge on any atom is 0.257 e. The van der Waals surface area contributed by atoms with Crippen molar-refractivity contribution in [2.75, 3.05) is 43.6 Å². The largest absolute Gasteiger partial charge is 0.492 e. The highest BCUT2D eigenvalue weighted by atomic mass is 19.1. The van der Waals surface area contributed by atoms with Crippen LogP contribution >= 0.6 is 0 Å². The molecule has 2 heterocycles. The van der Waals surface area contributed by atoms with Gasteiger partial charge in [0, 0.05) is 35.0 Å². The third-order valence-corrected chi connectivity index (χ3v) is 6.33. The molecule has 0 saturated heterocycles. The van der Waals surface area contributed by atoms with E-state index in [4.69, 9.17) is 10.5 Å². The van der Waals surface area contributed by atoms with Gasteiger partial charge in [-0.25, -0.2) is 19.3 Å². The number of benzene rings is 3. The Labute approximate surface area is 224 Å². The summed E-state index contributed by atoms with van der Waals surface area (Å²) in [6, 6.07) is 15.5. The van der Waals surface area contributed by atoms with Crippen LogP contribution in [0.2, 0.25) is 0 Å². The van der Waals surface area contributed by atoms with Crippen LogP contribution in [0.5, 0.6) is 5.75 Å². The molecule has 3 aromatic carbocycles. The van der Waals surface area contributed by atoms with Crippen molar-refractivity contribution < 1.29 is 13.9 Å². The van der Waals surface area contributed by atoms with E-state index < -0.39 is 5.82 Å². The number of rotatable bonds is 8. The number of hydrogen-bond acceptors (Lipinski definition) is 8. The molecule has 0 radical (unpaired) electrons. The molecule has 2 aromatic heterocycles. The van der Waals surface area contributed by atoms with E-state index in [-0.39, 0.29) is 11.6 Å². The highest BCUT2D eigenvalue weighted by Crippen LogP contribution is 2.34. The van der Waals surface area contributed by atoms with Gasteiger partial charge in [0.15, 0.2) is 0 Å². The highest BCUT2D eigenvalue weighted by Gasteiger charge is 2.17. The van der Waals surface area contributed by atoms with Gasteiger partial charge >= 0.3 is 0 Å². The van der Waals surface area contributed by atoms with Crippen LogP contribution in [-0.4, -0.2) is 53.0 Å². The predicted molar refractivity (Wildman–Crippen MR) is 152 cm³/mol. The Kier molecular flexibility index (Phi) is 7.20. The average molecular weight is 526 g/mol. The second-order valence-electron chi connectivity index (χ2n) is 9.35. The maximum absolute atomic E-state index is 14.9. The van der Waals surface area contributed by atoms with Crippen LogP contribution in [0.1, 0.15) is 15.9 Å². The van der Waals surface area contributed by atoms with Gasteiger partial charge in [-0.15, -0.1) is 0 Å². The Morgan fingerprint density at radius 3 is 2.67 bits per heavy atom. The molecule has 0 aliphatic carbocycles. The fraction of sp³-hybridized carbons (Fsp3) is 0.172. The molecule has 0 saturated carbocycles. The summed E-state index contributed by atoms with van der Waals surface area (Å²) in [5.41, 5.74) is 8.55. The molecule has 198 valence electrons. The number of ether oxygens (including phenoxy) is 1. The van der Waals surface area contributed by atoms with Crippen LogP contribution in [0.3, 0.4) is 0 Å². The van der Waals surface area contributed by atoms with Crippen molar-refractivity contribution in [1.82, 2.24) is 19.9 Å². The number of nitrogen functional groups attached to an aromatic ring is 1. The number of hydrogen-bond donors (Lipinski definition) is 3. The molecule has 0 aliphatic rings. The van der Waals surface area contributed by atoms with E-state index in [2.05, 4.69) is 25.6 Å². The van der Waals surface area contributed by atoms with Crippen molar-refractivity contribution in [1.29, 1.82) is 0 Å². The third kappa shape index (κ3) is 5.41. The van der Waals surface area contributed by atoms with Crippen LogP contribution in [0.4, 0.5) is 27.4 Å². The second-order valence-corrected chi connectivity index (χ2v) is 9.35. The van der Waals surface area contributed by atoms with E-state index in [1.54, 1.807) is 36.5 Å². The summed E-state index contributed by atoms with van der Waals surface area (Å²) in [5, 5.41) is 8.18. The number of fused-ring (bicyclic) bond motifs is 2. The van der Waals surface area contributed by atoms with Gasteiger partial charge in [0.2, 0.25) is 0 Å². The molecule has 0 unspecified atom stereocenters. The number of carbonyl (C=O) groups excluding carboxylic acids is 1. The van der Waals surface area contributed by atoms with Crippen LogP contribution < -0.4 is 21.1 Å². The lowest BCUT2D eigenvalue weighted by atomic mass is 10.0. The first kappa shape index (κ1) is 25.8. The van der Waals surface area contributed by atoms with E-state index >= 15 is 0 Å². The number of nitrogens with zero attached hydrogens (tertiary/aromatic N) is 4. The SMILES string of the molecule is Cc1ccc2c(Nc3ccc(OCCN(C)C)cc3F)nccc2c1NC(=O)c1cccc2c(N)ncnc12. The first-order chi connectivity index (χ1) is 18.8. The molecule has 0 spiro atoms. The van der Waals surface area contributed by atoms with Gasteiger partial charge in [0.1, 0.15) is 36.1 Å². The van der Waals surface area contributed by atoms with Crippen molar-refractivity contribution in [3.63, 3.8) is 0 Å². The van der Waals surface area contributed by atoms with Gasteiger partial charge in [-0.05, 0) is 56.9 Å². The minimum absolute atomic E-state index is 0.258. The van der Waals surface area contributed by atoms with Crippen LogP contribution in [0.15, 0.2) is 67.1 Å². The molecule has 1 amide bonds. The first-order valence-electron chi connectivity index (χ1n) is 12.3. The van der Waals surface area contributed by atoms with Crippen molar-refractivity contribution in [3.05, 3.63) is 84.1 Å². The number of amides is 1. The Bertz CT molecular complexity index is 1690. The summed E-state index contributed by atoms with van der Waals surface area (Å²) in [7, 11) is 3.89. The molecule has 4 N–H and O–H groups in total. The molecule has 5 aromatic rings. The Morgan fingerprint density at radius 2 is 1.87 bits per heavy atom. The summed E-state index contributed by atoms with van der Waals surface area (Å²) in [6.07, 6.45) is 2.95. The standard InChI is InChI=1S/C29H28FN7O2/c1-17-7-9-20-19(25(17)36-29(38)22-6-4-5-21-26(22)33-16-34-27(21)31)11-12-32-28(20)35-24-10-8-18(15-23(24)30)39-14-13-37(2)3/h4-12,15-16H,13-14H2,1-3H3,(H,32,35)(H,36,38)(H2,31,33,34). The lowest BCUT2D eigenvalue weighted by Gasteiger charge is -2.16. The molecule has 0 aliphatic heterocycles. The summed E-state index contributed by atoms with van der Waals surface area (Å²) in [5.74, 6) is 0.407. The number of likely N-dealkylation sites (N-methyl/N-ethyl adjacent to an activating group) is 1. The number of aromatic nitrogens is 3. The topological polar surface area (TPSA) is 118 Å². The van der Waals surface area contributed by atoms with E-state index in [0.29, 0.717) is 51.5 Å². The van der Waals surface area contributed by atoms with E-state index in [1.165, 1.54) is 12.4 Å². The molecular weight excluding hydrogens is 497 g/mol. The second kappa shape index (κ2) is 10.9. The smallest absolute Gasteiger partial charge is 0.257 e. The van der Waals surface area contributed by atoms with Crippen molar-refractivity contribution in [2.24, 2.45) is 0 Å². The zero-order chi connectivity index (χ0) is 27.5. The lowest BCUT2D eigenvalue weighted by Crippen LogP contribution is -2.19. The van der Waals surface area contributed by atoms with Gasteiger partial charge in [0.25, 0.3) is 5.91 Å². The minimum atomic E-state index is -0.464. The molecule has 10 heteroatoms. The first-order valence-corrected chi connectivity index (χ1v) is 12.3. The summed E-state index contributed by atoms with van der Waals surface area (Å²) in [6.45, 7) is 3.08. The van der Waals surface area contributed by atoms with Gasteiger partial charge < -0.3 is 26.0 Å². The average Bonchev–Trinajstić information content (AvgIpc) is 2.91. The zero-order valence-corrected chi connectivity index (χ0v) is 21.8. The van der Waals surface area contributed by atoms with Crippen LogP contribution in [-0.2, 0) is 0 Å². The molecule has 5 rings (SSSR count). The molecule has 0 fully saturated rings. The van der Waals surface area contributed by atoms with Gasteiger partial charge in [0.05, 0.1) is 22.5 Å². The summed E-state index contributed by atoms with van der Waals surface area (Å²) >= 11 is 0. The number of halogens is 1. The summed E-state index contributed by atoms with van der Waals surface area (Å²) < 4.78 is 20.6. The fourth-order valence-corrected chi connectivity index (χ4v) is 4.26. The maximum atomic E-state index is 14.9. The minimum Gasteiger partial charge on any atom is -0.492 e. The third-order valence-electron chi connectivity index (χ3n) is 6.33. The van der Waals surface area contributed by atoms with E-state index in [9.17, 15) is 9.18 Å². The zero-order valence-electron chi connectivity index (χ0n) is 21.8. The van der Waals surface area contributed by atoms with Gasteiger partial charge in [-0.3, -0.25) is 4.79 Å². The number of anilines is 4. The number of para-hydroxylation sites is 1. The molecule has 0 atom stereocenters.